The second-order valence-corrected chi connectivity index (χ2v) is 4.93. The molecule has 1 aromatic heterocycles. The molecule has 2 aromatic rings. The van der Waals surface area contributed by atoms with Crippen LogP contribution in [0.25, 0.3) is 11.0 Å². The van der Waals surface area contributed by atoms with Gasteiger partial charge in [-0.2, -0.15) is 0 Å². The average Bonchev–Trinajstić information content (AvgIpc) is 2.35. The lowest BCUT2D eigenvalue weighted by Crippen LogP contribution is -2.27. The highest BCUT2D eigenvalue weighted by atomic mass is 16.4. The van der Waals surface area contributed by atoms with Crippen molar-refractivity contribution >= 4 is 11.0 Å². The zero-order valence-electron chi connectivity index (χ0n) is 11.7. The van der Waals surface area contributed by atoms with E-state index >= 15 is 0 Å². The number of hydrogen-bond acceptors (Lipinski definition) is 4. The summed E-state index contributed by atoms with van der Waals surface area (Å²) in [5.41, 5.74) is 2.50. The lowest BCUT2D eigenvalue weighted by molar-refractivity contribution is 0.328. The molecule has 102 valence electrons. The van der Waals surface area contributed by atoms with E-state index in [9.17, 15) is 4.79 Å². The first-order valence-corrected chi connectivity index (χ1v) is 6.46. The highest BCUT2D eigenvalue weighted by molar-refractivity contribution is 5.80. The molecule has 0 bridgehead atoms. The summed E-state index contributed by atoms with van der Waals surface area (Å²) in [6.45, 7) is 4.59. The van der Waals surface area contributed by atoms with E-state index in [2.05, 4.69) is 10.2 Å². The fraction of sp³-hybridized carbons (Fsp3) is 0.400. The monoisotopic (exact) mass is 260 g/mol. The summed E-state index contributed by atoms with van der Waals surface area (Å²) < 4.78 is 5.26. The minimum absolute atomic E-state index is 0.282. The number of nitrogens with one attached hydrogen (secondary N) is 1. The van der Waals surface area contributed by atoms with Crippen molar-refractivity contribution in [3.8, 4) is 0 Å². The molecule has 0 aliphatic heterocycles. The van der Waals surface area contributed by atoms with Crippen LogP contribution in [0.3, 0.4) is 0 Å². The van der Waals surface area contributed by atoms with E-state index in [0.29, 0.717) is 5.58 Å². The van der Waals surface area contributed by atoms with Gasteiger partial charge in [-0.15, -0.1) is 0 Å². The van der Waals surface area contributed by atoms with E-state index in [4.69, 9.17) is 4.42 Å². The van der Waals surface area contributed by atoms with E-state index in [1.807, 2.05) is 39.2 Å². The maximum atomic E-state index is 11.6. The molecule has 0 radical (unpaired) electrons. The SMILES string of the molecule is CNCCN(C)Cc1cc(=O)oc2cc(C)ccc12. The van der Waals surface area contributed by atoms with Crippen LogP contribution in [0.1, 0.15) is 11.1 Å². The average molecular weight is 260 g/mol. The van der Waals surface area contributed by atoms with E-state index < -0.39 is 0 Å². The topological polar surface area (TPSA) is 45.5 Å². The fourth-order valence-electron chi connectivity index (χ4n) is 2.14. The van der Waals surface area contributed by atoms with Crippen molar-refractivity contribution in [1.82, 2.24) is 10.2 Å². The Balaban J connectivity index is 2.34. The molecule has 0 unspecified atom stereocenters. The highest BCUT2D eigenvalue weighted by Crippen LogP contribution is 2.19. The zero-order chi connectivity index (χ0) is 13.8. The smallest absolute Gasteiger partial charge is 0.336 e. The van der Waals surface area contributed by atoms with Crippen molar-refractivity contribution in [2.24, 2.45) is 0 Å². The quantitative estimate of drug-likeness (QED) is 0.832. The number of likely N-dealkylation sites (N-methyl/N-ethyl adjacent to an activating group) is 2. The van der Waals surface area contributed by atoms with Crippen molar-refractivity contribution in [3.63, 3.8) is 0 Å². The predicted octanol–water partition coefficient (Wildman–Crippen LogP) is 1.75. The number of hydrogen-bond donors (Lipinski definition) is 1. The Morgan fingerprint density at radius 1 is 1.32 bits per heavy atom. The predicted molar refractivity (Wildman–Crippen MR) is 77.5 cm³/mol. The Bertz CT molecular complexity index is 619. The zero-order valence-corrected chi connectivity index (χ0v) is 11.7. The molecule has 4 nitrogen and oxygen atoms in total. The molecule has 0 fully saturated rings. The number of rotatable bonds is 5. The van der Waals surface area contributed by atoms with E-state index in [1.165, 1.54) is 0 Å². The third-order valence-electron chi connectivity index (χ3n) is 3.17. The number of nitrogens with zero attached hydrogens (tertiary/aromatic N) is 1. The summed E-state index contributed by atoms with van der Waals surface area (Å²) in [7, 11) is 3.98. The van der Waals surface area contributed by atoms with Crippen LogP contribution in [-0.4, -0.2) is 32.1 Å². The van der Waals surface area contributed by atoms with Crippen LogP contribution in [0.5, 0.6) is 0 Å². The van der Waals surface area contributed by atoms with Gasteiger partial charge < -0.3 is 14.6 Å². The van der Waals surface area contributed by atoms with E-state index in [1.54, 1.807) is 6.07 Å². The van der Waals surface area contributed by atoms with Gasteiger partial charge in [0.15, 0.2) is 0 Å². The summed E-state index contributed by atoms with van der Waals surface area (Å²) in [5, 5.41) is 4.13. The Morgan fingerprint density at radius 2 is 2.11 bits per heavy atom. The molecule has 0 saturated carbocycles. The standard InChI is InChI=1S/C15H20N2O2/c1-11-4-5-13-12(10-17(3)7-6-16-2)9-15(18)19-14(13)8-11/h4-5,8-9,16H,6-7,10H2,1-3H3. The molecule has 2 rings (SSSR count). The van der Waals surface area contributed by atoms with E-state index in [0.717, 1.165) is 36.1 Å². The molecule has 1 heterocycles. The number of benzene rings is 1. The largest absolute Gasteiger partial charge is 0.423 e. The van der Waals surface area contributed by atoms with Gasteiger partial charge in [-0.25, -0.2) is 4.79 Å². The third kappa shape index (κ3) is 3.43. The van der Waals surface area contributed by atoms with E-state index in [-0.39, 0.29) is 5.63 Å². The Labute approximate surface area is 113 Å². The molecular formula is C15H20N2O2. The molecule has 0 aliphatic rings. The van der Waals surface area contributed by atoms with Crippen molar-refractivity contribution in [1.29, 1.82) is 0 Å². The van der Waals surface area contributed by atoms with Gasteiger partial charge in [0.05, 0.1) is 0 Å². The molecule has 1 N–H and O–H groups in total. The van der Waals surface area contributed by atoms with Crippen LogP contribution < -0.4 is 10.9 Å². The van der Waals surface area contributed by atoms with Gasteiger partial charge in [-0.3, -0.25) is 0 Å². The Kier molecular flexibility index (Phi) is 4.35. The first kappa shape index (κ1) is 13.8. The van der Waals surface area contributed by atoms with Crippen molar-refractivity contribution < 1.29 is 4.42 Å². The molecule has 0 aliphatic carbocycles. The van der Waals surface area contributed by atoms with Crippen LogP contribution in [0.2, 0.25) is 0 Å². The molecule has 0 spiro atoms. The van der Waals surface area contributed by atoms with Crippen LogP contribution >= 0.6 is 0 Å². The molecule has 1 aromatic carbocycles. The summed E-state index contributed by atoms with van der Waals surface area (Å²) >= 11 is 0. The van der Waals surface area contributed by atoms with Crippen LogP contribution in [0.15, 0.2) is 33.5 Å². The van der Waals surface area contributed by atoms with Crippen molar-refractivity contribution in [2.45, 2.75) is 13.5 Å². The highest BCUT2D eigenvalue weighted by Gasteiger charge is 2.08. The third-order valence-corrected chi connectivity index (χ3v) is 3.17. The van der Waals surface area contributed by atoms with Crippen LogP contribution in [0, 0.1) is 6.92 Å². The van der Waals surface area contributed by atoms with Gasteiger partial charge >= 0.3 is 5.63 Å². The van der Waals surface area contributed by atoms with Crippen LogP contribution in [0.4, 0.5) is 0 Å². The van der Waals surface area contributed by atoms with Gasteiger partial charge in [0.2, 0.25) is 0 Å². The Morgan fingerprint density at radius 3 is 2.84 bits per heavy atom. The second-order valence-electron chi connectivity index (χ2n) is 4.93. The summed E-state index contributed by atoms with van der Waals surface area (Å²) in [6.07, 6.45) is 0. The van der Waals surface area contributed by atoms with Crippen LogP contribution in [-0.2, 0) is 6.54 Å². The number of fused-ring (bicyclic) bond motifs is 1. The molecular weight excluding hydrogens is 240 g/mol. The minimum atomic E-state index is -0.282. The summed E-state index contributed by atoms with van der Waals surface area (Å²) in [5.74, 6) is 0. The molecule has 0 amide bonds. The van der Waals surface area contributed by atoms with Gasteiger partial charge in [-0.1, -0.05) is 12.1 Å². The van der Waals surface area contributed by atoms with Gasteiger partial charge in [0.25, 0.3) is 0 Å². The molecule has 19 heavy (non-hydrogen) atoms. The lowest BCUT2D eigenvalue weighted by Gasteiger charge is -2.17. The maximum absolute atomic E-state index is 11.6. The van der Waals surface area contributed by atoms with Gasteiger partial charge in [0, 0.05) is 31.1 Å². The second kappa shape index (κ2) is 5.99. The van der Waals surface area contributed by atoms with Crippen molar-refractivity contribution in [2.75, 3.05) is 27.2 Å². The van der Waals surface area contributed by atoms with Gasteiger partial charge in [0.1, 0.15) is 5.58 Å². The summed E-state index contributed by atoms with van der Waals surface area (Å²) in [6, 6.07) is 7.57. The maximum Gasteiger partial charge on any atom is 0.336 e. The first-order valence-electron chi connectivity index (χ1n) is 6.46. The lowest BCUT2D eigenvalue weighted by atomic mass is 10.1. The Hall–Kier alpha value is -1.65. The van der Waals surface area contributed by atoms with Gasteiger partial charge in [-0.05, 0) is 38.2 Å². The first-order chi connectivity index (χ1) is 9.10. The molecule has 0 atom stereocenters. The normalized spacial score (nSPS) is 11.4. The number of aryl methyl sites for hydroxylation is 1. The van der Waals surface area contributed by atoms with Crippen molar-refractivity contribution in [3.05, 3.63) is 45.8 Å². The molecule has 4 heteroatoms. The minimum Gasteiger partial charge on any atom is -0.423 e. The molecule has 0 saturated heterocycles. The summed E-state index contributed by atoms with van der Waals surface area (Å²) in [4.78, 5) is 13.8. The fourth-order valence-corrected chi connectivity index (χ4v) is 2.14.